The highest BCUT2D eigenvalue weighted by molar-refractivity contribution is 5.27. The fourth-order valence-electron chi connectivity index (χ4n) is 0.783. The molecule has 0 aromatic heterocycles. The Balaban J connectivity index is 2.70. The summed E-state index contributed by atoms with van der Waals surface area (Å²) in [6, 6.07) is 7.15. The molecule has 0 aliphatic heterocycles. The SMILES string of the molecule is C=C=COc1ccc(CO)cc1. The molecule has 0 unspecified atom stereocenters. The van der Waals surface area contributed by atoms with Gasteiger partial charge in [-0.05, 0) is 17.7 Å². The van der Waals surface area contributed by atoms with Gasteiger partial charge >= 0.3 is 0 Å². The second kappa shape index (κ2) is 4.39. The lowest BCUT2D eigenvalue weighted by molar-refractivity contribution is 0.281. The Labute approximate surface area is 71.4 Å². The Hall–Kier alpha value is -1.50. The average molecular weight is 162 g/mol. The first-order chi connectivity index (χ1) is 5.86. The molecule has 1 aromatic carbocycles. The van der Waals surface area contributed by atoms with Crippen LogP contribution in [0.1, 0.15) is 5.56 Å². The van der Waals surface area contributed by atoms with Gasteiger partial charge in [0.2, 0.25) is 0 Å². The fourth-order valence-corrected chi connectivity index (χ4v) is 0.783. The van der Waals surface area contributed by atoms with Crippen LogP contribution in [0.15, 0.2) is 42.8 Å². The van der Waals surface area contributed by atoms with Crippen LogP contribution in [0.5, 0.6) is 5.75 Å². The van der Waals surface area contributed by atoms with E-state index in [0.29, 0.717) is 5.75 Å². The van der Waals surface area contributed by atoms with Gasteiger partial charge in [0.15, 0.2) is 0 Å². The standard InChI is InChI=1S/C10H10O2/c1-2-7-12-10-5-3-9(8-11)4-6-10/h3-7,11H,1,8H2. The van der Waals surface area contributed by atoms with Gasteiger partial charge in [-0.3, -0.25) is 0 Å². The number of aliphatic hydroxyl groups is 1. The first kappa shape index (κ1) is 8.60. The average Bonchev–Trinajstić information content (AvgIpc) is 2.15. The fraction of sp³-hybridized carbons (Fsp3) is 0.100. The van der Waals surface area contributed by atoms with Gasteiger partial charge in [0.1, 0.15) is 12.0 Å². The van der Waals surface area contributed by atoms with Crippen molar-refractivity contribution < 1.29 is 9.84 Å². The van der Waals surface area contributed by atoms with Gasteiger partial charge < -0.3 is 9.84 Å². The van der Waals surface area contributed by atoms with Crippen LogP contribution in [-0.2, 0) is 6.61 Å². The van der Waals surface area contributed by atoms with Crippen molar-refractivity contribution in [3.05, 3.63) is 48.4 Å². The van der Waals surface area contributed by atoms with Gasteiger partial charge in [0.25, 0.3) is 0 Å². The van der Waals surface area contributed by atoms with Crippen LogP contribution in [0, 0.1) is 0 Å². The highest BCUT2D eigenvalue weighted by Gasteiger charge is 1.91. The lowest BCUT2D eigenvalue weighted by Crippen LogP contribution is -1.84. The minimum absolute atomic E-state index is 0.0532. The van der Waals surface area contributed by atoms with E-state index in [1.54, 1.807) is 24.3 Å². The number of hydrogen-bond donors (Lipinski definition) is 1. The van der Waals surface area contributed by atoms with E-state index in [4.69, 9.17) is 9.84 Å². The first-order valence-corrected chi connectivity index (χ1v) is 3.57. The third-order valence-electron chi connectivity index (χ3n) is 1.38. The maximum atomic E-state index is 8.73. The molecule has 0 aliphatic rings. The Morgan fingerprint density at radius 1 is 1.42 bits per heavy atom. The van der Waals surface area contributed by atoms with E-state index < -0.39 is 0 Å². The van der Waals surface area contributed by atoms with Crippen LogP contribution in [-0.4, -0.2) is 5.11 Å². The Morgan fingerprint density at radius 2 is 2.08 bits per heavy atom. The first-order valence-electron chi connectivity index (χ1n) is 3.57. The summed E-state index contributed by atoms with van der Waals surface area (Å²) in [5.74, 6) is 0.711. The molecule has 62 valence electrons. The molecule has 1 N–H and O–H groups in total. The largest absolute Gasteiger partial charge is 0.457 e. The second-order valence-corrected chi connectivity index (χ2v) is 2.24. The Bertz CT molecular complexity index is 281. The van der Waals surface area contributed by atoms with Crippen molar-refractivity contribution in [1.29, 1.82) is 0 Å². The van der Waals surface area contributed by atoms with Gasteiger partial charge in [0.05, 0.1) is 6.61 Å². The third-order valence-corrected chi connectivity index (χ3v) is 1.38. The van der Waals surface area contributed by atoms with E-state index in [1.165, 1.54) is 6.26 Å². The summed E-state index contributed by atoms with van der Waals surface area (Å²) in [6.45, 7) is 3.42. The van der Waals surface area contributed by atoms with Gasteiger partial charge in [-0.1, -0.05) is 24.4 Å². The summed E-state index contributed by atoms with van der Waals surface area (Å²) in [7, 11) is 0. The predicted molar refractivity (Wildman–Crippen MR) is 46.7 cm³/mol. The molecule has 0 saturated heterocycles. The van der Waals surface area contributed by atoms with Crippen molar-refractivity contribution >= 4 is 0 Å². The molecule has 1 rings (SSSR count). The summed E-state index contributed by atoms with van der Waals surface area (Å²) < 4.78 is 5.07. The maximum absolute atomic E-state index is 8.73. The lowest BCUT2D eigenvalue weighted by Gasteiger charge is -1.99. The quantitative estimate of drug-likeness (QED) is 0.543. The van der Waals surface area contributed by atoms with E-state index in [9.17, 15) is 0 Å². The van der Waals surface area contributed by atoms with Crippen molar-refractivity contribution in [2.24, 2.45) is 0 Å². The van der Waals surface area contributed by atoms with Gasteiger partial charge in [-0.2, -0.15) is 0 Å². The Kier molecular flexibility index (Phi) is 3.15. The van der Waals surface area contributed by atoms with Crippen molar-refractivity contribution in [3.63, 3.8) is 0 Å². The van der Waals surface area contributed by atoms with Gasteiger partial charge in [-0.15, -0.1) is 0 Å². The molecule has 0 fully saturated rings. The van der Waals surface area contributed by atoms with E-state index in [-0.39, 0.29) is 6.61 Å². The monoisotopic (exact) mass is 162 g/mol. The minimum atomic E-state index is 0.0532. The molecule has 0 spiro atoms. The Morgan fingerprint density at radius 3 is 2.58 bits per heavy atom. The van der Waals surface area contributed by atoms with E-state index in [1.807, 2.05) is 0 Å². The van der Waals surface area contributed by atoms with Crippen LogP contribution < -0.4 is 4.74 Å². The van der Waals surface area contributed by atoms with Crippen molar-refractivity contribution in [1.82, 2.24) is 0 Å². The van der Waals surface area contributed by atoms with Crippen LogP contribution in [0.4, 0.5) is 0 Å². The molecule has 0 heterocycles. The highest BCUT2D eigenvalue weighted by Crippen LogP contribution is 2.11. The van der Waals surface area contributed by atoms with Crippen LogP contribution in [0.2, 0.25) is 0 Å². The molecule has 1 aromatic rings. The number of benzene rings is 1. The molecular weight excluding hydrogens is 152 g/mol. The number of aliphatic hydroxyl groups excluding tert-OH is 1. The number of hydrogen-bond acceptors (Lipinski definition) is 2. The maximum Gasteiger partial charge on any atom is 0.133 e. The van der Waals surface area contributed by atoms with Crippen molar-refractivity contribution in [2.45, 2.75) is 6.61 Å². The van der Waals surface area contributed by atoms with E-state index in [0.717, 1.165) is 5.56 Å². The number of ether oxygens (including phenoxy) is 1. The normalized spacial score (nSPS) is 8.75. The van der Waals surface area contributed by atoms with Crippen molar-refractivity contribution in [3.8, 4) is 5.75 Å². The van der Waals surface area contributed by atoms with Crippen molar-refractivity contribution in [2.75, 3.05) is 0 Å². The molecule has 12 heavy (non-hydrogen) atoms. The summed E-state index contributed by atoms with van der Waals surface area (Å²) >= 11 is 0. The third kappa shape index (κ3) is 2.27. The van der Waals surface area contributed by atoms with E-state index >= 15 is 0 Å². The zero-order valence-electron chi connectivity index (χ0n) is 6.66. The van der Waals surface area contributed by atoms with Crippen LogP contribution in [0.25, 0.3) is 0 Å². The topological polar surface area (TPSA) is 29.5 Å². The second-order valence-electron chi connectivity index (χ2n) is 2.24. The summed E-state index contributed by atoms with van der Waals surface area (Å²) in [5.41, 5.74) is 3.36. The predicted octanol–water partition coefficient (Wildman–Crippen LogP) is 1.86. The molecule has 2 heteroatoms. The molecule has 0 atom stereocenters. The molecule has 0 aliphatic carbocycles. The molecule has 0 radical (unpaired) electrons. The molecule has 0 bridgehead atoms. The summed E-state index contributed by atoms with van der Waals surface area (Å²) in [6.07, 6.45) is 1.38. The molecule has 2 nitrogen and oxygen atoms in total. The lowest BCUT2D eigenvalue weighted by atomic mass is 10.2. The van der Waals surface area contributed by atoms with Gasteiger partial charge in [-0.25, -0.2) is 0 Å². The highest BCUT2D eigenvalue weighted by atomic mass is 16.5. The zero-order chi connectivity index (χ0) is 8.81. The minimum Gasteiger partial charge on any atom is -0.457 e. The number of rotatable bonds is 3. The van der Waals surface area contributed by atoms with Crippen LogP contribution in [0.3, 0.4) is 0 Å². The summed E-state index contributed by atoms with van der Waals surface area (Å²) in [5, 5.41) is 8.73. The molecule has 0 amide bonds. The zero-order valence-corrected chi connectivity index (χ0v) is 6.66. The van der Waals surface area contributed by atoms with E-state index in [2.05, 4.69) is 12.3 Å². The molecular formula is C10H10O2. The van der Waals surface area contributed by atoms with Gasteiger partial charge in [0, 0.05) is 0 Å². The smallest absolute Gasteiger partial charge is 0.133 e. The molecule has 0 saturated carbocycles. The summed E-state index contributed by atoms with van der Waals surface area (Å²) in [4.78, 5) is 0. The van der Waals surface area contributed by atoms with Crippen LogP contribution >= 0.6 is 0 Å².